The molecule has 0 radical (unpaired) electrons. The fourth-order valence-electron chi connectivity index (χ4n) is 2.55. The Hall–Kier alpha value is -1.10. The Kier molecular flexibility index (Phi) is 8.03. The first kappa shape index (κ1) is 19.9. The third-order valence-corrected chi connectivity index (χ3v) is 3.84. The van der Waals surface area contributed by atoms with Crippen LogP contribution >= 0.6 is 12.4 Å². The molecule has 0 aromatic heterocycles. The lowest BCUT2D eigenvalue weighted by Crippen LogP contribution is -2.37. The van der Waals surface area contributed by atoms with Crippen LogP contribution in [0.5, 0.6) is 0 Å². The average Bonchev–Trinajstić information content (AvgIpc) is 2.51. The predicted octanol–water partition coefficient (Wildman–Crippen LogP) is 3.04. The Morgan fingerprint density at radius 1 is 1.26 bits per heavy atom. The van der Waals surface area contributed by atoms with Gasteiger partial charge in [0.1, 0.15) is 0 Å². The lowest BCUT2D eigenvalue weighted by atomic mass is 9.97. The van der Waals surface area contributed by atoms with Crippen molar-refractivity contribution in [2.45, 2.75) is 52.4 Å². The summed E-state index contributed by atoms with van der Waals surface area (Å²) in [6, 6.07) is 8.23. The molecule has 1 aliphatic heterocycles. The Balaban J connectivity index is 0.00000264. The zero-order chi connectivity index (χ0) is 16.0. The highest BCUT2D eigenvalue weighted by Gasteiger charge is 2.20. The van der Waals surface area contributed by atoms with Gasteiger partial charge in [0.05, 0.1) is 12.2 Å². The van der Waals surface area contributed by atoms with E-state index in [1.165, 1.54) is 0 Å². The second-order valence-electron chi connectivity index (χ2n) is 6.96. The number of nitrogens with one attached hydrogen (secondary N) is 2. The molecule has 0 spiro atoms. The van der Waals surface area contributed by atoms with E-state index in [0.717, 1.165) is 37.1 Å². The van der Waals surface area contributed by atoms with Crippen molar-refractivity contribution in [3.8, 4) is 0 Å². The van der Waals surface area contributed by atoms with Gasteiger partial charge in [0, 0.05) is 12.5 Å². The monoisotopic (exact) mass is 340 g/mol. The number of piperidine rings is 1. The molecule has 1 aromatic rings. The predicted molar refractivity (Wildman–Crippen MR) is 95.7 cm³/mol. The molecule has 23 heavy (non-hydrogen) atoms. The van der Waals surface area contributed by atoms with Gasteiger partial charge in [-0.05, 0) is 57.8 Å². The molecule has 0 bridgehead atoms. The number of rotatable bonds is 5. The first-order valence-corrected chi connectivity index (χ1v) is 8.14. The van der Waals surface area contributed by atoms with E-state index in [9.17, 15) is 4.79 Å². The maximum absolute atomic E-state index is 12.1. The van der Waals surface area contributed by atoms with Crippen LogP contribution in [0.1, 0.15) is 44.7 Å². The number of hydrogen-bond donors (Lipinski definition) is 2. The second kappa shape index (κ2) is 9.26. The van der Waals surface area contributed by atoms with Crippen molar-refractivity contribution >= 4 is 18.3 Å². The van der Waals surface area contributed by atoms with Gasteiger partial charge in [-0.2, -0.15) is 0 Å². The summed E-state index contributed by atoms with van der Waals surface area (Å²) in [7, 11) is 0. The fourth-order valence-corrected chi connectivity index (χ4v) is 2.55. The number of carbonyl (C=O) groups excluding carboxylic acids is 1. The highest BCUT2D eigenvalue weighted by Crippen LogP contribution is 2.14. The van der Waals surface area contributed by atoms with Gasteiger partial charge in [-0.15, -0.1) is 12.4 Å². The highest BCUT2D eigenvalue weighted by atomic mass is 35.5. The highest BCUT2D eigenvalue weighted by molar-refractivity contribution is 5.85. The fraction of sp³-hybridized carbons (Fsp3) is 0.611. The van der Waals surface area contributed by atoms with E-state index in [-0.39, 0.29) is 29.8 Å². The molecular weight excluding hydrogens is 312 g/mol. The maximum Gasteiger partial charge on any atom is 0.223 e. The molecular formula is C18H29ClN2O2. The summed E-state index contributed by atoms with van der Waals surface area (Å²) in [4.78, 5) is 12.1. The summed E-state index contributed by atoms with van der Waals surface area (Å²) in [5.41, 5.74) is 2.13. The van der Waals surface area contributed by atoms with E-state index in [2.05, 4.69) is 43.5 Å². The second-order valence-corrected chi connectivity index (χ2v) is 6.96. The Bertz CT molecular complexity index is 494. The smallest absolute Gasteiger partial charge is 0.223 e. The molecule has 2 N–H and O–H groups in total. The van der Waals surface area contributed by atoms with Gasteiger partial charge < -0.3 is 15.4 Å². The standard InChI is InChI=1S/C18H28N2O2.ClH/c1-18(2,3)22-13-15-6-4-5-14(11-15)12-20-17(21)16-7-9-19-10-8-16;/h4-6,11,16,19H,7-10,12-13H2,1-3H3,(H,20,21);1H. The van der Waals surface area contributed by atoms with Crippen molar-refractivity contribution in [3.63, 3.8) is 0 Å². The number of benzene rings is 1. The third kappa shape index (κ3) is 7.34. The SMILES string of the molecule is CC(C)(C)OCc1cccc(CNC(=O)C2CCNCC2)c1.Cl. The number of amides is 1. The van der Waals surface area contributed by atoms with Crippen molar-refractivity contribution in [3.05, 3.63) is 35.4 Å². The van der Waals surface area contributed by atoms with E-state index in [0.29, 0.717) is 13.2 Å². The van der Waals surface area contributed by atoms with Crippen molar-refractivity contribution in [2.75, 3.05) is 13.1 Å². The van der Waals surface area contributed by atoms with Crippen LogP contribution in [0.3, 0.4) is 0 Å². The van der Waals surface area contributed by atoms with Crippen LogP contribution in [0.4, 0.5) is 0 Å². The van der Waals surface area contributed by atoms with Crippen molar-refractivity contribution in [1.29, 1.82) is 0 Å². The molecule has 1 aliphatic rings. The molecule has 1 amide bonds. The summed E-state index contributed by atoms with van der Waals surface area (Å²) in [6.07, 6.45) is 1.87. The molecule has 1 aromatic carbocycles. The van der Waals surface area contributed by atoms with E-state index in [4.69, 9.17) is 4.74 Å². The number of halogens is 1. The van der Waals surface area contributed by atoms with Crippen LogP contribution in [-0.2, 0) is 22.7 Å². The number of hydrogen-bond acceptors (Lipinski definition) is 3. The van der Waals surface area contributed by atoms with Crippen LogP contribution in [0.2, 0.25) is 0 Å². The quantitative estimate of drug-likeness (QED) is 0.866. The van der Waals surface area contributed by atoms with Crippen LogP contribution in [-0.4, -0.2) is 24.6 Å². The minimum atomic E-state index is -0.140. The van der Waals surface area contributed by atoms with Gasteiger partial charge in [0.2, 0.25) is 5.91 Å². The minimum Gasteiger partial charge on any atom is -0.371 e. The van der Waals surface area contributed by atoms with Gasteiger partial charge in [-0.1, -0.05) is 24.3 Å². The summed E-state index contributed by atoms with van der Waals surface area (Å²) in [6.45, 7) is 9.23. The van der Waals surface area contributed by atoms with Crippen LogP contribution in [0.15, 0.2) is 24.3 Å². The largest absolute Gasteiger partial charge is 0.371 e. The van der Waals surface area contributed by atoms with E-state index >= 15 is 0 Å². The van der Waals surface area contributed by atoms with Crippen LogP contribution in [0, 0.1) is 5.92 Å². The molecule has 0 atom stereocenters. The molecule has 130 valence electrons. The van der Waals surface area contributed by atoms with E-state index in [1.807, 2.05) is 12.1 Å². The molecule has 1 heterocycles. The Morgan fingerprint density at radius 3 is 2.57 bits per heavy atom. The Morgan fingerprint density at radius 2 is 1.91 bits per heavy atom. The van der Waals surface area contributed by atoms with Crippen LogP contribution in [0.25, 0.3) is 0 Å². The van der Waals surface area contributed by atoms with Crippen molar-refractivity contribution in [2.24, 2.45) is 5.92 Å². The van der Waals surface area contributed by atoms with Gasteiger partial charge >= 0.3 is 0 Å². The zero-order valence-electron chi connectivity index (χ0n) is 14.4. The molecule has 0 unspecified atom stereocenters. The summed E-state index contributed by atoms with van der Waals surface area (Å²) in [5.74, 6) is 0.339. The first-order chi connectivity index (χ1) is 10.4. The Labute approximate surface area is 145 Å². The molecule has 4 nitrogen and oxygen atoms in total. The van der Waals surface area contributed by atoms with E-state index in [1.54, 1.807) is 0 Å². The van der Waals surface area contributed by atoms with Gasteiger partial charge in [-0.25, -0.2) is 0 Å². The lowest BCUT2D eigenvalue weighted by Gasteiger charge is -2.22. The average molecular weight is 341 g/mol. The lowest BCUT2D eigenvalue weighted by molar-refractivity contribution is -0.125. The van der Waals surface area contributed by atoms with Gasteiger partial charge in [0.15, 0.2) is 0 Å². The minimum absolute atomic E-state index is 0. The molecule has 1 saturated heterocycles. The summed E-state index contributed by atoms with van der Waals surface area (Å²) < 4.78 is 5.80. The molecule has 0 aliphatic carbocycles. The summed E-state index contributed by atoms with van der Waals surface area (Å²) >= 11 is 0. The third-order valence-electron chi connectivity index (χ3n) is 3.84. The van der Waals surface area contributed by atoms with E-state index < -0.39 is 0 Å². The molecule has 2 rings (SSSR count). The van der Waals surface area contributed by atoms with Crippen LogP contribution < -0.4 is 10.6 Å². The normalized spacial score (nSPS) is 15.8. The molecule has 1 fully saturated rings. The first-order valence-electron chi connectivity index (χ1n) is 8.14. The van der Waals surface area contributed by atoms with Gasteiger partial charge in [0.25, 0.3) is 0 Å². The number of carbonyl (C=O) groups is 1. The zero-order valence-corrected chi connectivity index (χ0v) is 15.2. The molecule has 0 saturated carbocycles. The topological polar surface area (TPSA) is 50.4 Å². The molecule has 5 heteroatoms. The summed E-state index contributed by atoms with van der Waals surface area (Å²) in [5, 5.41) is 6.34. The van der Waals surface area contributed by atoms with Gasteiger partial charge in [-0.3, -0.25) is 4.79 Å². The maximum atomic E-state index is 12.1. The number of ether oxygens (including phenoxy) is 1. The van der Waals surface area contributed by atoms with Crippen molar-refractivity contribution < 1.29 is 9.53 Å². The van der Waals surface area contributed by atoms with Crippen molar-refractivity contribution in [1.82, 2.24) is 10.6 Å².